The molecule has 1 aromatic carbocycles. The first kappa shape index (κ1) is 21.4. The Labute approximate surface area is 165 Å². The molecule has 1 aromatic heterocycles. The molecule has 0 spiro atoms. The summed E-state index contributed by atoms with van der Waals surface area (Å²) in [6, 6.07) is 9.18. The average molecular weight is 408 g/mol. The zero-order valence-corrected chi connectivity index (χ0v) is 17.8. The smallest absolute Gasteiger partial charge is 0.244 e. The first-order chi connectivity index (χ1) is 12.6. The molecule has 0 bridgehead atoms. The van der Waals surface area contributed by atoms with Crippen LogP contribution in [0.15, 0.2) is 46.5 Å². The molecular formula is C19H25N3O3S2. The number of hydrogen-bond donors (Lipinski definition) is 1. The minimum absolute atomic E-state index is 0.0852. The van der Waals surface area contributed by atoms with Crippen molar-refractivity contribution in [1.82, 2.24) is 14.6 Å². The fourth-order valence-corrected chi connectivity index (χ4v) is 3.86. The first-order valence-electron chi connectivity index (χ1n) is 8.49. The largest absolute Gasteiger partial charge is 0.349 e. The number of nitrogens with one attached hydrogen (secondary N) is 1. The number of benzene rings is 1. The van der Waals surface area contributed by atoms with E-state index in [9.17, 15) is 13.2 Å². The zero-order chi connectivity index (χ0) is 20.2. The van der Waals surface area contributed by atoms with Gasteiger partial charge in [0.1, 0.15) is 4.90 Å². The fraction of sp³-hybridized carbons (Fsp3) is 0.368. The molecule has 0 radical (unpaired) electrons. The van der Waals surface area contributed by atoms with E-state index in [1.165, 1.54) is 49.2 Å². The quantitative estimate of drug-likeness (QED) is 0.714. The van der Waals surface area contributed by atoms with E-state index in [0.717, 1.165) is 9.87 Å². The van der Waals surface area contributed by atoms with Crippen LogP contribution in [0, 0.1) is 13.8 Å². The van der Waals surface area contributed by atoms with E-state index < -0.39 is 10.0 Å². The normalized spacial score (nSPS) is 12.8. The third kappa shape index (κ3) is 5.54. The maximum absolute atomic E-state index is 12.2. The summed E-state index contributed by atoms with van der Waals surface area (Å²) in [5.74, 6) is 0.111. The van der Waals surface area contributed by atoms with Gasteiger partial charge in [-0.3, -0.25) is 4.79 Å². The van der Waals surface area contributed by atoms with Crippen LogP contribution in [0.5, 0.6) is 0 Å². The fourth-order valence-electron chi connectivity index (χ4n) is 2.36. The summed E-state index contributed by atoms with van der Waals surface area (Å²) >= 11 is 1.27. The minimum Gasteiger partial charge on any atom is -0.349 e. The third-order valence-corrected chi connectivity index (χ3v) is 6.99. The van der Waals surface area contributed by atoms with Gasteiger partial charge >= 0.3 is 0 Å². The molecule has 1 heterocycles. The molecule has 1 atom stereocenters. The second kappa shape index (κ2) is 8.86. The Hall–Kier alpha value is -1.90. The van der Waals surface area contributed by atoms with Crippen LogP contribution < -0.4 is 5.32 Å². The Morgan fingerprint density at radius 2 is 1.89 bits per heavy atom. The summed E-state index contributed by atoms with van der Waals surface area (Å²) in [5.41, 5.74) is 3.48. The number of aryl methyl sites for hydroxylation is 2. The molecule has 6 nitrogen and oxygen atoms in total. The van der Waals surface area contributed by atoms with Crippen LogP contribution in [0.1, 0.15) is 29.7 Å². The van der Waals surface area contributed by atoms with E-state index in [1.54, 1.807) is 6.07 Å². The lowest BCUT2D eigenvalue weighted by atomic mass is 10.0. The van der Waals surface area contributed by atoms with Gasteiger partial charge in [0, 0.05) is 20.3 Å². The van der Waals surface area contributed by atoms with Crippen LogP contribution >= 0.6 is 11.8 Å². The summed E-state index contributed by atoms with van der Waals surface area (Å²) in [4.78, 5) is 16.5. The summed E-state index contributed by atoms with van der Waals surface area (Å²) < 4.78 is 25.2. The van der Waals surface area contributed by atoms with Crippen molar-refractivity contribution in [1.29, 1.82) is 0 Å². The molecule has 0 aliphatic carbocycles. The topological polar surface area (TPSA) is 79.4 Å². The number of aromatic nitrogens is 1. The highest BCUT2D eigenvalue weighted by atomic mass is 32.2. The highest BCUT2D eigenvalue weighted by Gasteiger charge is 2.17. The standard InChI is InChI=1S/C19H25N3O3S2/c1-13-6-7-16(10-14(13)2)15(3)21-18(23)12-26-19-9-8-17(11-20-19)27(24,25)22(4)5/h6-11,15H,12H2,1-5H3,(H,21,23)/t15-/m1/s1. The zero-order valence-electron chi connectivity index (χ0n) is 16.2. The van der Waals surface area contributed by atoms with Gasteiger partial charge in [0.2, 0.25) is 15.9 Å². The molecular weight excluding hydrogens is 382 g/mol. The van der Waals surface area contributed by atoms with Gasteiger partial charge in [-0.15, -0.1) is 0 Å². The maximum atomic E-state index is 12.2. The highest BCUT2D eigenvalue weighted by Crippen LogP contribution is 2.20. The van der Waals surface area contributed by atoms with E-state index in [1.807, 2.05) is 13.0 Å². The number of carbonyl (C=O) groups excluding carboxylic acids is 1. The Balaban J connectivity index is 1.92. The molecule has 1 N–H and O–H groups in total. The van der Waals surface area contributed by atoms with Gasteiger partial charge in [-0.2, -0.15) is 0 Å². The molecule has 1 amide bonds. The van der Waals surface area contributed by atoms with Crippen molar-refractivity contribution in [3.63, 3.8) is 0 Å². The number of hydrogen-bond acceptors (Lipinski definition) is 5. The van der Waals surface area contributed by atoms with E-state index in [0.29, 0.717) is 5.03 Å². The molecule has 27 heavy (non-hydrogen) atoms. The second-order valence-corrected chi connectivity index (χ2v) is 9.69. The van der Waals surface area contributed by atoms with Crippen molar-refractivity contribution in [2.24, 2.45) is 0 Å². The van der Waals surface area contributed by atoms with Crippen LogP contribution in [0.2, 0.25) is 0 Å². The lowest BCUT2D eigenvalue weighted by molar-refractivity contribution is -0.119. The van der Waals surface area contributed by atoms with Gasteiger partial charge in [-0.25, -0.2) is 17.7 Å². The molecule has 0 aliphatic heterocycles. The van der Waals surface area contributed by atoms with E-state index in [2.05, 4.69) is 36.3 Å². The summed E-state index contributed by atoms with van der Waals surface area (Å²) in [5, 5.41) is 3.57. The monoisotopic (exact) mass is 407 g/mol. The lowest BCUT2D eigenvalue weighted by Gasteiger charge is -2.15. The Morgan fingerprint density at radius 1 is 1.19 bits per heavy atom. The van der Waals surface area contributed by atoms with Crippen molar-refractivity contribution >= 4 is 27.7 Å². The Morgan fingerprint density at radius 3 is 2.44 bits per heavy atom. The number of nitrogens with zero attached hydrogens (tertiary/aromatic N) is 2. The van der Waals surface area contributed by atoms with Crippen molar-refractivity contribution in [2.75, 3.05) is 19.8 Å². The number of sulfonamides is 1. The number of thioether (sulfide) groups is 1. The van der Waals surface area contributed by atoms with Crippen molar-refractivity contribution in [2.45, 2.75) is 36.7 Å². The summed E-state index contributed by atoms with van der Waals surface area (Å²) in [6.07, 6.45) is 1.31. The molecule has 2 aromatic rings. The van der Waals surface area contributed by atoms with Crippen molar-refractivity contribution in [3.05, 3.63) is 53.2 Å². The molecule has 8 heteroatoms. The van der Waals surface area contributed by atoms with E-state index in [4.69, 9.17) is 0 Å². The molecule has 0 aliphatic rings. The Kier molecular flexibility index (Phi) is 7.02. The molecule has 2 rings (SSSR count). The van der Waals surface area contributed by atoms with Gasteiger partial charge < -0.3 is 5.32 Å². The summed E-state index contributed by atoms with van der Waals surface area (Å²) in [6.45, 7) is 6.06. The van der Waals surface area contributed by atoms with Crippen LogP contribution in [0.3, 0.4) is 0 Å². The number of carbonyl (C=O) groups is 1. The van der Waals surface area contributed by atoms with Gasteiger partial charge in [0.25, 0.3) is 0 Å². The molecule has 0 fully saturated rings. The Bertz CT molecular complexity index is 910. The second-order valence-electron chi connectivity index (χ2n) is 6.54. The van der Waals surface area contributed by atoms with Crippen molar-refractivity contribution < 1.29 is 13.2 Å². The third-order valence-electron chi connectivity index (χ3n) is 4.25. The minimum atomic E-state index is -3.50. The number of rotatable bonds is 7. The van der Waals surface area contributed by atoms with Gasteiger partial charge in [0.05, 0.1) is 16.8 Å². The number of pyridine rings is 1. The van der Waals surface area contributed by atoms with Crippen LogP contribution in [0.4, 0.5) is 0 Å². The SMILES string of the molecule is Cc1ccc([C@@H](C)NC(=O)CSc2ccc(S(=O)(=O)N(C)C)cn2)cc1C. The molecule has 0 saturated carbocycles. The summed E-state index contributed by atoms with van der Waals surface area (Å²) in [7, 11) is -0.553. The maximum Gasteiger partial charge on any atom is 0.244 e. The van der Waals surface area contributed by atoms with Gasteiger partial charge in [0.15, 0.2) is 0 Å². The van der Waals surface area contributed by atoms with Crippen molar-refractivity contribution in [3.8, 4) is 0 Å². The van der Waals surface area contributed by atoms with Gasteiger partial charge in [-0.05, 0) is 49.6 Å². The highest BCUT2D eigenvalue weighted by molar-refractivity contribution is 7.99. The van der Waals surface area contributed by atoms with Crippen LogP contribution in [-0.2, 0) is 14.8 Å². The van der Waals surface area contributed by atoms with E-state index in [-0.39, 0.29) is 22.6 Å². The number of amides is 1. The first-order valence-corrected chi connectivity index (χ1v) is 10.9. The average Bonchev–Trinajstić information content (AvgIpc) is 2.62. The van der Waals surface area contributed by atoms with Gasteiger partial charge in [-0.1, -0.05) is 30.0 Å². The van der Waals surface area contributed by atoms with Crippen LogP contribution in [-0.4, -0.2) is 43.5 Å². The lowest BCUT2D eigenvalue weighted by Crippen LogP contribution is -2.28. The van der Waals surface area contributed by atoms with E-state index >= 15 is 0 Å². The molecule has 0 unspecified atom stereocenters. The predicted molar refractivity (Wildman–Crippen MR) is 108 cm³/mol. The van der Waals surface area contributed by atoms with Crippen LogP contribution in [0.25, 0.3) is 0 Å². The predicted octanol–water partition coefficient (Wildman–Crippen LogP) is 2.92. The molecule has 146 valence electrons. The molecule has 0 saturated heterocycles.